The first-order valence-corrected chi connectivity index (χ1v) is 20.7. The van der Waals surface area contributed by atoms with Gasteiger partial charge in [-0.15, -0.1) is 0 Å². The summed E-state index contributed by atoms with van der Waals surface area (Å²) < 4.78 is 2.44. The summed E-state index contributed by atoms with van der Waals surface area (Å²) in [6, 6.07) is 84.3. The number of hydrogen-bond acceptors (Lipinski definition) is 1. The minimum Gasteiger partial charge on any atom is -0.310 e. The minimum atomic E-state index is 1.10. The molecule has 280 valence electrons. The average Bonchev–Trinajstić information content (AvgIpc) is 3.66. The van der Waals surface area contributed by atoms with Crippen molar-refractivity contribution >= 4 is 82.0 Å². The fourth-order valence-corrected chi connectivity index (χ4v) is 9.36. The molecule has 0 fully saturated rings. The Balaban J connectivity index is 0.947. The van der Waals surface area contributed by atoms with Crippen LogP contribution in [0.3, 0.4) is 0 Å². The number of anilines is 3. The summed E-state index contributed by atoms with van der Waals surface area (Å²) in [4.78, 5) is 2.37. The van der Waals surface area contributed by atoms with Crippen LogP contribution in [0, 0.1) is 0 Å². The molecule has 0 atom stereocenters. The summed E-state index contributed by atoms with van der Waals surface area (Å²) in [6.45, 7) is 0. The highest BCUT2D eigenvalue weighted by Crippen LogP contribution is 2.41. The smallest absolute Gasteiger partial charge is 0.0619 e. The fourth-order valence-electron chi connectivity index (χ4n) is 9.36. The summed E-state index contributed by atoms with van der Waals surface area (Å²) in [5.41, 5.74) is 11.7. The van der Waals surface area contributed by atoms with E-state index in [0.29, 0.717) is 0 Å². The molecule has 0 unspecified atom stereocenters. The predicted octanol–water partition coefficient (Wildman–Crippen LogP) is 16.2. The van der Waals surface area contributed by atoms with Crippen LogP contribution >= 0.6 is 0 Å². The maximum atomic E-state index is 2.44. The Morgan fingerprint density at radius 1 is 0.267 bits per heavy atom. The predicted molar refractivity (Wildman–Crippen MR) is 256 cm³/mol. The molecule has 0 radical (unpaired) electrons. The molecule has 0 spiro atoms. The van der Waals surface area contributed by atoms with Crippen LogP contribution in [-0.4, -0.2) is 4.57 Å². The van der Waals surface area contributed by atoms with Crippen molar-refractivity contribution in [3.63, 3.8) is 0 Å². The summed E-state index contributed by atoms with van der Waals surface area (Å²) in [6.07, 6.45) is 0. The average molecular weight is 763 g/mol. The van der Waals surface area contributed by atoms with Crippen molar-refractivity contribution in [3.8, 4) is 27.9 Å². The molecule has 60 heavy (non-hydrogen) atoms. The lowest BCUT2D eigenvalue weighted by Gasteiger charge is -2.26. The van der Waals surface area contributed by atoms with E-state index >= 15 is 0 Å². The number of para-hydroxylation sites is 1. The van der Waals surface area contributed by atoms with Gasteiger partial charge in [0.25, 0.3) is 0 Å². The topological polar surface area (TPSA) is 8.17 Å². The van der Waals surface area contributed by atoms with Crippen LogP contribution in [0.15, 0.2) is 231 Å². The van der Waals surface area contributed by atoms with Crippen molar-refractivity contribution in [1.82, 2.24) is 4.57 Å². The fraction of sp³-hybridized carbons (Fsp3) is 0. The van der Waals surface area contributed by atoms with Crippen molar-refractivity contribution in [1.29, 1.82) is 0 Å². The third-order valence-electron chi connectivity index (χ3n) is 12.3. The van der Waals surface area contributed by atoms with E-state index < -0.39 is 0 Å². The first kappa shape index (κ1) is 34.1. The van der Waals surface area contributed by atoms with Gasteiger partial charge >= 0.3 is 0 Å². The first-order valence-electron chi connectivity index (χ1n) is 20.7. The summed E-state index contributed by atoms with van der Waals surface area (Å²) in [5, 5.41) is 12.6. The molecular weight excluding hydrogens is 725 g/mol. The van der Waals surface area contributed by atoms with Crippen molar-refractivity contribution in [3.05, 3.63) is 231 Å². The van der Waals surface area contributed by atoms with Crippen LogP contribution in [0.25, 0.3) is 92.8 Å². The van der Waals surface area contributed by atoms with E-state index in [9.17, 15) is 0 Å². The van der Waals surface area contributed by atoms with Crippen LogP contribution in [0.2, 0.25) is 0 Å². The van der Waals surface area contributed by atoms with Gasteiger partial charge < -0.3 is 9.47 Å². The maximum absolute atomic E-state index is 2.44. The van der Waals surface area contributed by atoms with Gasteiger partial charge in [0.1, 0.15) is 0 Å². The van der Waals surface area contributed by atoms with E-state index in [4.69, 9.17) is 0 Å². The van der Waals surface area contributed by atoms with Crippen LogP contribution in [0.1, 0.15) is 0 Å². The quantitative estimate of drug-likeness (QED) is 0.153. The van der Waals surface area contributed by atoms with Crippen molar-refractivity contribution in [2.75, 3.05) is 4.90 Å². The van der Waals surface area contributed by atoms with Gasteiger partial charge in [0.05, 0.1) is 11.0 Å². The van der Waals surface area contributed by atoms with Crippen LogP contribution < -0.4 is 4.90 Å². The normalized spacial score (nSPS) is 11.7. The molecule has 0 saturated heterocycles. The Morgan fingerprint density at radius 3 is 1.48 bits per heavy atom. The van der Waals surface area contributed by atoms with Crippen molar-refractivity contribution in [2.45, 2.75) is 0 Å². The number of benzene rings is 11. The second-order valence-corrected chi connectivity index (χ2v) is 15.8. The van der Waals surface area contributed by atoms with Gasteiger partial charge in [0, 0.05) is 38.9 Å². The van der Waals surface area contributed by atoms with Crippen LogP contribution in [0.4, 0.5) is 17.1 Å². The summed E-state index contributed by atoms with van der Waals surface area (Å²) in [7, 11) is 0. The largest absolute Gasteiger partial charge is 0.310 e. The molecule has 0 saturated carbocycles. The van der Waals surface area contributed by atoms with Gasteiger partial charge in [0.15, 0.2) is 0 Å². The molecule has 0 aliphatic heterocycles. The third-order valence-corrected chi connectivity index (χ3v) is 12.3. The minimum absolute atomic E-state index is 1.10. The lowest BCUT2D eigenvalue weighted by Crippen LogP contribution is -2.09. The van der Waals surface area contributed by atoms with E-state index in [0.717, 1.165) is 22.7 Å². The molecule has 12 rings (SSSR count). The molecule has 0 bridgehead atoms. The highest BCUT2D eigenvalue weighted by molar-refractivity contribution is 6.19. The number of nitrogens with zero attached hydrogens (tertiary/aromatic N) is 2. The molecule has 0 aliphatic carbocycles. The summed E-state index contributed by atoms with van der Waals surface area (Å²) >= 11 is 0. The second kappa shape index (κ2) is 13.9. The van der Waals surface area contributed by atoms with Gasteiger partial charge in [0.2, 0.25) is 0 Å². The molecule has 0 N–H and O–H groups in total. The second-order valence-electron chi connectivity index (χ2n) is 15.8. The van der Waals surface area contributed by atoms with E-state index in [1.165, 1.54) is 87.1 Å². The van der Waals surface area contributed by atoms with Gasteiger partial charge in [-0.2, -0.15) is 0 Å². The molecule has 0 amide bonds. The van der Waals surface area contributed by atoms with Gasteiger partial charge in [-0.1, -0.05) is 170 Å². The van der Waals surface area contributed by atoms with Gasteiger partial charge in [-0.25, -0.2) is 0 Å². The Morgan fingerprint density at radius 2 is 0.750 bits per heavy atom. The van der Waals surface area contributed by atoms with E-state index in [1.54, 1.807) is 0 Å². The molecular formula is C58H38N2. The third kappa shape index (κ3) is 5.65. The number of hydrogen-bond donors (Lipinski definition) is 0. The first-order chi connectivity index (χ1) is 29.7. The molecule has 11 aromatic carbocycles. The number of fused-ring (bicyclic) bond motifs is 9. The lowest BCUT2D eigenvalue weighted by molar-refractivity contribution is 1.19. The Hall–Kier alpha value is -7.94. The SMILES string of the molecule is c1ccc(-n2c3cc(-c4ccc(N(c5ccc(-c6ccc7c(ccc8ccccc87)c6)cc5)c5ccc6ccccc6c5)cc4)ccc3c3ccc4ccccc4c32)cc1. The zero-order valence-electron chi connectivity index (χ0n) is 32.8. The van der Waals surface area contributed by atoms with Gasteiger partial charge in [-0.3, -0.25) is 0 Å². The van der Waals surface area contributed by atoms with E-state index in [2.05, 4.69) is 240 Å². The molecule has 1 heterocycles. The lowest BCUT2D eigenvalue weighted by atomic mass is 9.97. The molecule has 0 aliphatic rings. The Kier molecular flexibility index (Phi) is 7.89. The summed E-state index contributed by atoms with van der Waals surface area (Å²) in [5.74, 6) is 0. The highest BCUT2D eigenvalue weighted by atomic mass is 15.1. The van der Waals surface area contributed by atoms with Crippen LogP contribution in [-0.2, 0) is 0 Å². The Labute approximate surface area is 348 Å². The van der Waals surface area contributed by atoms with Crippen molar-refractivity contribution < 1.29 is 0 Å². The number of aromatic nitrogens is 1. The van der Waals surface area contributed by atoms with Crippen LogP contribution in [0.5, 0.6) is 0 Å². The van der Waals surface area contributed by atoms with E-state index in [1.807, 2.05) is 0 Å². The zero-order chi connectivity index (χ0) is 39.6. The van der Waals surface area contributed by atoms with Gasteiger partial charge in [-0.05, 0) is 121 Å². The Bertz CT molecular complexity index is 3580. The molecule has 1 aromatic heterocycles. The molecule has 2 nitrogen and oxygen atoms in total. The molecule has 2 heteroatoms. The monoisotopic (exact) mass is 762 g/mol. The maximum Gasteiger partial charge on any atom is 0.0619 e. The highest BCUT2D eigenvalue weighted by Gasteiger charge is 2.18. The van der Waals surface area contributed by atoms with Crippen molar-refractivity contribution in [2.24, 2.45) is 0 Å². The zero-order valence-corrected chi connectivity index (χ0v) is 32.8. The molecule has 12 aromatic rings. The standard InChI is InChI=1S/C58H38N2/c1-2-14-48(15-3-1)60-57-38-46(27-34-55(57)56-35-25-43-12-7-9-17-54(43)58(56)60)41-22-30-50(31-23-41)59(51-32-24-39-10-4-5-13-44(39)37-51)49-28-20-40(21-29-49)45-26-33-53-47(36-45)19-18-42-11-6-8-16-52(42)53/h1-38H. The number of rotatable bonds is 6. The van der Waals surface area contributed by atoms with E-state index in [-0.39, 0.29) is 0 Å².